The molecule has 0 radical (unpaired) electrons. The number of halogens is 1. The first-order chi connectivity index (χ1) is 12.5. The van der Waals surface area contributed by atoms with E-state index in [4.69, 9.17) is 9.73 Å². The second-order valence-electron chi connectivity index (χ2n) is 7.23. The molecular weight excluding hydrogens is 457 g/mol. The molecule has 1 rings (SSSR count). The number of hydrogen-bond acceptors (Lipinski definition) is 4. The fourth-order valence-electron chi connectivity index (χ4n) is 2.93. The van der Waals surface area contributed by atoms with Gasteiger partial charge in [0.2, 0.25) is 5.91 Å². The minimum atomic E-state index is 0. The third-order valence-electron chi connectivity index (χ3n) is 4.73. The van der Waals surface area contributed by atoms with E-state index in [-0.39, 0.29) is 35.9 Å². The Morgan fingerprint density at radius 3 is 2.37 bits per heavy atom. The van der Waals surface area contributed by atoms with Crippen LogP contribution >= 0.6 is 24.0 Å². The molecule has 0 aromatic heterocycles. The van der Waals surface area contributed by atoms with Gasteiger partial charge in [0, 0.05) is 44.7 Å². The lowest BCUT2D eigenvalue weighted by Crippen LogP contribution is -2.48. The van der Waals surface area contributed by atoms with Crippen LogP contribution in [0.4, 0.5) is 0 Å². The van der Waals surface area contributed by atoms with Crippen molar-refractivity contribution in [1.29, 1.82) is 0 Å². The summed E-state index contributed by atoms with van der Waals surface area (Å²) in [5.74, 6) is 1.39. The zero-order chi connectivity index (χ0) is 19.4. The number of nitrogens with one attached hydrogen (secondary N) is 3. The van der Waals surface area contributed by atoms with Crippen molar-refractivity contribution < 1.29 is 9.53 Å². The third kappa shape index (κ3) is 11.1. The SMILES string of the molecule is CCNC(=NCC(C(C)C)N1CCOCC1)NCCC(=O)NC(C)CC.I. The molecule has 0 bridgehead atoms. The summed E-state index contributed by atoms with van der Waals surface area (Å²) in [5.41, 5.74) is 0. The Balaban J connectivity index is 0.00000676. The average molecular weight is 497 g/mol. The molecule has 1 heterocycles. The molecule has 2 atom stereocenters. The van der Waals surface area contributed by atoms with Gasteiger partial charge in [0.25, 0.3) is 0 Å². The zero-order valence-electron chi connectivity index (χ0n) is 17.7. The molecule has 8 heteroatoms. The van der Waals surface area contributed by atoms with Crippen LogP contribution in [0, 0.1) is 5.92 Å². The highest BCUT2D eigenvalue weighted by Crippen LogP contribution is 2.13. The van der Waals surface area contributed by atoms with Crippen LogP contribution in [-0.4, -0.2) is 74.8 Å². The van der Waals surface area contributed by atoms with E-state index in [1.54, 1.807) is 0 Å². The zero-order valence-corrected chi connectivity index (χ0v) is 20.0. The van der Waals surface area contributed by atoms with Crippen LogP contribution in [0.5, 0.6) is 0 Å². The van der Waals surface area contributed by atoms with E-state index in [0.29, 0.717) is 24.9 Å². The van der Waals surface area contributed by atoms with Crippen LogP contribution in [0.3, 0.4) is 0 Å². The molecule has 1 amide bonds. The number of carbonyl (C=O) groups excluding carboxylic acids is 1. The van der Waals surface area contributed by atoms with Gasteiger partial charge in [0.05, 0.1) is 19.8 Å². The third-order valence-corrected chi connectivity index (χ3v) is 4.73. The van der Waals surface area contributed by atoms with E-state index in [0.717, 1.165) is 51.8 Å². The fraction of sp³-hybridized carbons (Fsp3) is 0.895. The normalized spacial score (nSPS) is 17.8. The molecule has 0 saturated carbocycles. The molecule has 1 aliphatic heterocycles. The fourth-order valence-corrected chi connectivity index (χ4v) is 2.93. The summed E-state index contributed by atoms with van der Waals surface area (Å²) in [6, 6.07) is 0.632. The minimum absolute atomic E-state index is 0. The van der Waals surface area contributed by atoms with E-state index >= 15 is 0 Å². The van der Waals surface area contributed by atoms with Crippen LogP contribution in [-0.2, 0) is 9.53 Å². The maximum atomic E-state index is 11.9. The summed E-state index contributed by atoms with van der Waals surface area (Å²) in [6.07, 6.45) is 1.40. The summed E-state index contributed by atoms with van der Waals surface area (Å²) in [5, 5.41) is 9.53. The van der Waals surface area contributed by atoms with E-state index in [1.807, 2.05) is 6.92 Å². The lowest BCUT2D eigenvalue weighted by Gasteiger charge is -2.36. The highest BCUT2D eigenvalue weighted by molar-refractivity contribution is 14.0. The summed E-state index contributed by atoms with van der Waals surface area (Å²) >= 11 is 0. The van der Waals surface area contributed by atoms with Gasteiger partial charge in [-0.3, -0.25) is 14.7 Å². The van der Waals surface area contributed by atoms with Crippen molar-refractivity contribution in [1.82, 2.24) is 20.9 Å². The van der Waals surface area contributed by atoms with Gasteiger partial charge in [-0.1, -0.05) is 20.8 Å². The maximum absolute atomic E-state index is 11.9. The topological polar surface area (TPSA) is 78.0 Å². The second-order valence-corrected chi connectivity index (χ2v) is 7.23. The van der Waals surface area contributed by atoms with E-state index in [2.05, 4.69) is 48.5 Å². The molecule has 1 saturated heterocycles. The van der Waals surface area contributed by atoms with Crippen LogP contribution in [0.25, 0.3) is 0 Å². The van der Waals surface area contributed by atoms with Crippen molar-refractivity contribution in [2.75, 3.05) is 45.9 Å². The molecular formula is C19H40IN5O2. The predicted octanol–water partition coefficient (Wildman–Crippen LogP) is 1.82. The Morgan fingerprint density at radius 1 is 1.15 bits per heavy atom. The summed E-state index contributed by atoms with van der Waals surface area (Å²) in [7, 11) is 0. The number of nitrogens with zero attached hydrogens (tertiary/aromatic N) is 2. The first kappa shape index (κ1) is 26.4. The van der Waals surface area contributed by atoms with Crippen LogP contribution in [0.2, 0.25) is 0 Å². The first-order valence-electron chi connectivity index (χ1n) is 10.1. The Bertz CT molecular complexity index is 428. The maximum Gasteiger partial charge on any atom is 0.221 e. The standard InChI is InChI=1S/C19H39N5O2.HI/c1-6-16(5)23-18(25)8-9-21-19(20-7-2)22-14-17(15(3)4)24-10-12-26-13-11-24;/h15-17H,6-14H2,1-5H3,(H,23,25)(H2,20,21,22);1H. The van der Waals surface area contributed by atoms with Crippen molar-refractivity contribution in [3.05, 3.63) is 0 Å². The molecule has 27 heavy (non-hydrogen) atoms. The minimum Gasteiger partial charge on any atom is -0.379 e. The van der Waals surface area contributed by atoms with Gasteiger partial charge < -0.3 is 20.7 Å². The number of carbonyl (C=O) groups is 1. The van der Waals surface area contributed by atoms with Gasteiger partial charge >= 0.3 is 0 Å². The molecule has 3 N–H and O–H groups in total. The highest BCUT2D eigenvalue weighted by atomic mass is 127. The Kier molecular flexibility index (Phi) is 15.0. The predicted molar refractivity (Wildman–Crippen MR) is 123 cm³/mol. The van der Waals surface area contributed by atoms with Crippen LogP contribution in [0.15, 0.2) is 4.99 Å². The van der Waals surface area contributed by atoms with E-state index in [9.17, 15) is 4.79 Å². The van der Waals surface area contributed by atoms with Crippen molar-refractivity contribution in [3.8, 4) is 0 Å². The molecule has 0 aromatic carbocycles. The number of morpholine rings is 1. The van der Waals surface area contributed by atoms with Gasteiger partial charge in [-0.15, -0.1) is 24.0 Å². The second kappa shape index (κ2) is 15.3. The average Bonchev–Trinajstić information content (AvgIpc) is 2.62. The number of ether oxygens (including phenoxy) is 1. The van der Waals surface area contributed by atoms with Crippen LogP contribution in [0.1, 0.15) is 47.5 Å². The largest absolute Gasteiger partial charge is 0.379 e. The summed E-state index contributed by atoms with van der Waals surface area (Å²) in [6.45, 7) is 16.3. The van der Waals surface area contributed by atoms with Gasteiger partial charge in [-0.2, -0.15) is 0 Å². The number of aliphatic imine (C=N–C) groups is 1. The molecule has 1 fully saturated rings. The van der Waals surface area contributed by atoms with Gasteiger partial charge in [-0.05, 0) is 26.2 Å². The summed E-state index contributed by atoms with van der Waals surface area (Å²) < 4.78 is 5.46. The van der Waals surface area contributed by atoms with Crippen molar-refractivity contribution >= 4 is 35.8 Å². The Morgan fingerprint density at radius 2 is 1.81 bits per heavy atom. The first-order valence-corrected chi connectivity index (χ1v) is 10.1. The Hall–Kier alpha value is -0.610. The number of amides is 1. The monoisotopic (exact) mass is 497 g/mol. The lowest BCUT2D eigenvalue weighted by atomic mass is 10.0. The Labute approximate surface area is 182 Å². The lowest BCUT2D eigenvalue weighted by molar-refractivity contribution is -0.121. The molecule has 7 nitrogen and oxygen atoms in total. The molecule has 1 aliphatic rings. The number of guanidine groups is 1. The molecule has 0 aliphatic carbocycles. The van der Waals surface area contributed by atoms with E-state index < -0.39 is 0 Å². The van der Waals surface area contributed by atoms with Gasteiger partial charge in [0.1, 0.15) is 0 Å². The molecule has 160 valence electrons. The van der Waals surface area contributed by atoms with Crippen molar-refractivity contribution in [2.45, 2.75) is 59.5 Å². The van der Waals surface area contributed by atoms with Gasteiger partial charge in [0.15, 0.2) is 5.96 Å². The number of rotatable bonds is 10. The number of hydrogen-bond donors (Lipinski definition) is 3. The molecule has 2 unspecified atom stereocenters. The highest BCUT2D eigenvalue weighted by Gasteiger charge is 2.23. The van der Waals surface area contributed by atoms with Crippen molar-refractivity contribution in [2.24, 2.45) is 10.9 Å². The molecule has 0 spiro atoms. The van der Waals surface area contributed by atoms with Crippen molar-refractivity contribution in [3.63, 3.8) is 0 Å². The van der Waals surface area contributed by atoms with Crippen LogP contribution < -0.4 is 16.0 Å². The molecule has 0 aromatic rings. The quantitative estimate of drug-likeness (QED) is 0.244. The summed E-state index contributed by atoms with van der Waals surface area (Å²) in [4.78, 5) is 19.1. The van der Waals surface area contributed by atoms with Gasteiger partial charge in [-0.25, -0.2) is 0 Å². The van der Waals surface area contributed by atoms with E-state index in [1.165, 1.54) is 0 Å². The smallest absolute Gasteiger partial charge is 0.221 e.